The van der Waals surface area contributed by atoms with Gasteiger partial charge in [0.1, 0.15) is 0 Å². The molecule has 1 aromatic carbocycles. The maximum Gasteiger partial charge on any atom is 0.0661 e. The maximum absolute atomic E-state index is 9.61. The second kappa shape index (κ2) is 4.84. The van der Waals surface area contributed by atoms with Gasteiger partial charge in [-0.15, -0.1) is 0 Å². The number of anilines is 3. The van der Waals surface area contributed by atoms with Gasteiger partial charge in [0.2, 0.25) is 0 Å². The summed E-state index contributed by atoms with van der Waals surface area (Å²) in [6.45, 7) is 0.164. The molecule has 0 aromatic heterocycles. The highest BCUT2D eigenvalue weighted by atomic mass is 16.3. The summed E-state index contributed by atoms with van der Waals surface area (Å²) >= 11 is 0. The van der Waals surface area contributed by atoms with E-state index in [1.54, 1.807) is 6.07 Å². The Labute approximate surface area is 102 Å². The quantitative estimate of drug-likeness (QED) is 0.603. The van der Waals surface area contributed by atoms with Crippen molar-refractivity contribution < 1.29 is 5.11 Å². The molecule has 6 N–H and O–H groups in total. The van der Waals surface area contributed by atoms with E-state index < -0.39 is 0 Å². The Kier molecular flexibility index (Phi) is 3.43. The highest BCUT2D eigenvalue weighted by Gasteiger charge is 2.31. The minimum atomic E-state index is -0.180. The molecule has 0 saturated heterocycles. The monoisotopic (exact) mass is 235 g/mol. The molecule has 1 aromatic rings. The fourth-order valence-corrected chi connectivity index (χ4v) is 2.51. The minimum absolute atomic E-state index is 0.164. The summed E-state index contributed by atoms with van der Waals surface area (Å²) in [6.07, 6.45) is 5.60. The van der Waals surface area contributed by atoms with Crippen LogP contribution in [-0.2, 0) is 0 Å². The summed E-state index contributed by atoms with van der Waals surface area (Å²) in [5.74, 6) is 0. The summed E-state index contributed by atoms with van der Waals surface area (Å²) < 4.78 is 0. The number of nitrogens with one attached hydrogen (secondary N) is 1. The average molecular weight is 235 g/mol. The molecule has 1 saturated carbocycles. The zero-order valence-electron chi connectivity index (χ0n) is 10.1. The number of hydrogen-bond donors (Lipinski definition) is 4. The minimum Gasteiger partial charge on any atom is -0.397 e. The van der Waals surface area contributed by atoms with Gasteiger partial charge in [0.15, 0.2) is 0 Å². The predicted octanol–water partition coefficient (Wildman–Crippen LogP) is 1.96. The Balaban J connectivity index is 2.14. The van der Waals surface area contributed by atoms with E-state index in [1.807, 2.05) is 12.1 Å². The second-order valence-electron chi connectivity index (χ2n) is 4.97. The van der Waals surface area contributed by atoms with Crippen molar-refractivity contribution in [2.45, 2.75) is 37.6 Å². The molecule has 0 aliphatic heterocycles. The van der Waals surface area contributed by atoms with Crippen LogP contribution >= 0.6 is 0 Å². The fraction of sp³-hybridized carbons (Fsp3) is 0.538. The van der Waals surface area contributed by atoms with E-state index >= 15 is 0 Å². The van der Waals surface area contributed by atoms with E-state index in [1.165, 1.54) is 6.42 Å². The van der Waals surface area contributed by atoms with Gasteiger partial charge >= 0.3 is 0 Å². The van der Waals surface area contributed by atoms with Crippen molar-refractivity contribution in [2.75, 3.05) is 23.4 Å². The molecule has 0 spiro atoms. The number of nitrogen functional groups attached to an aromatic ring is 2. The molecule has 4 heteroatoms. The molecular formula is C13H21N3O. The fourth-order valence-electron chi connectivity index (χ4n) is 2.51. The van der Waals surface area contributed by atoms with Gasteiger partial charge in [0.05, 0.1) is 23.5 Å². The topological polar surface area (TPSA) is 84.3 Å². The molecule has 94 valence electrons. The van der Waals surface area contributed by atoms with Gasteiger partial charge in [-0.3, -0.25) is 0 Å². The van der Waals surface area contributed by atoms with Crippen LogP contribution in [0.5, 0.6) is 0 Å². The van der Waals surface area contributed by atoms with Crippen LogP contribution in [0.4, 0.5) is 17.1 Å². The summed E-state index contributed by atoms with van der Waals surface area (Å²) in [6, 6.07) is 5.55. The van der Waals surface area contributed by atoms with E-state index in [0.29, 0.717) is 11.4 Å². The maximum atomic E-state index is 9.61. The summed E-state index contributed by atoms with van der Waals surface area (Å²) in [4.78, 5) is 0. The lowest BCUT2D eigenvalue weighted by Crippen LogP contribution is -2.43. The van der Waals surface area contributed by atoms with E-state index in [9.17, 15) is 5.11 Å². The van der Waals surface area contributed by atoms with Crippen LogP contribution in [0.3, 0.4) is 0 Å². The lowest BCUT2D eigenvalue weighted by atomic mass is 9.82. The zero-order valence-corrected chi connectivity index (χ0v) is 10.1. The Morgan fingerprint density at radius 2 is 1.82 bits per heavy atom. The average Bonchev–Trinajstić information content (AvgIpc) is 2.35. The van der Waals surface area contributed by atoms with Gasteiger partial charge in [-0.2, -0.15) is 0 Å². The molecular weight excluding hydrogens is 214 g/mol. The molecule has 0 atom stereocenters. The van der Waals surface area contributed by atoms with Gasteiger partial charge < -0.3 is 21.9 Å². The van der Waals surface area contributed by atoms with Crippen LogP contribution in [0, 0.1) is 0 Å². The number of nitrogens with two attached hydrogens (primary N) is 2. The van der Waals surface area contributed by atoms with E-state index in [-0.39, 0.29) is 12.1 Å². The van der Waals surface area contributed by atoms with Gasteiger partial charge in [-0.05, 0) is 31.0 Å². The van der Waals surface area contributed by atoms with E-state index in [0.717, 1.165) is 31.4 Å². The van der Waals surface area contributed by atoms with Gasteiger partial charge in [0.25, 0.3) is 0 Å². The zero-order chi connectivity index (χ0) is 12.3. The van der Waals surface area contributed by atoms with Crippen LogP contribution in [0.25, 0.3) is 0 Å². The molecule has 0 heterocycles. The second-order valence-corrected chi connectivity index (χ2v) is 4.97. The molecule has 2 rings (SSSR count). The SMILES string of the molecule is Nc1ccc(NC2(CO)CCCCC2)cc1N. The lowest BCUT2D eigenvalue weighted by Gasteiger charge is -2.37. The van der Waals surface area contributed by atoms with Crippen LogP contribution in [0.15, 0.2) is 18.2 Å². The van der Waals surface area contributed by atoms with Gasteiger partial charge in [0, 0.05) is 5.69 Å². The number of hydrogen-bond acceptors (Lipinski definition) is 4. The molecule has 1 fully saturated rings. The Bertz CT molecular complexity index is 386. The summed E-state index contributed by atoms with van der Waals surface area (Å²) in [7, 11) is 0. The molecule has 1 aliphatic carbocycles. The molecule has 1 aliphatic rings. The van der Waals surface area contributed by atoms with Gasteiger partial charge in [-0.1, -0.05) is 19.3 Å². The van der Waals surface area contributed by atoms with Crippen LogP contribution < -0.4 is 16.8 Å². The third-order valence-corrected chi connectivity index (χ3v) is 3.61. The van der Waals surface area contributed by atoms with Crippen molar-refractivity contribution >= 4 is 17.1 Å². The largest absolute Gasteiger partial charge is 0.397 e. The molecule has 4 nitrogen and oxygen atoms in total. The third-order valence-electron chi connectivity index (χ3n) is 3.61. The molecule has 0 amide bonds. The highest BCUT2D eigenvalue weighted by Crippen LogP contribution is 2.32. The molecule has 17 heavy (non-hydrogen) atoms. The third kappa shape index (κ3) is 2.64. The first-order valence-corrected chi connectivity index (χ1v) is 6.19. The van der Waals surface area contributed by atoms with Crippen LogP contribution in [-0.4, -0.2) is 17.3 Å². The summed E-state index contributed by atoms with van der Waals surface area (Å²) in [5.41, 5.74) is 13.4. The Hall–Kier alpha value is -1.42. The van der Waals surface area contributed by atoms with E-state index in [4.69, 9.17) is 11.5 Å². The van der Waals surface area contributed by atoms with Crippen LogP contribution in [0.1, 0.15) is 32.1 Å². The number of rotatable bonds is 3. The first-order valence-electron chi connectivity index (χ1n) is 6.19. The number of benzene rings is 1. The first kappa shape index (κ1) is 12.0. The predicted molar refractivity (Wildman–Crippen MR) is 71.8 cm³/mol. The lowest BCUT2D eigenvalue weighted by molar-refractivity contribution is 0.173. The van der Waals surface area contributed by atoms with Crippen molar-refractivity contribution in [1.82, 2.24) is 0 Å². The summed E-state index contributed by atoms with van der Waals surface area (Å²) in [5, 5.41) is 13.0. The van der Waals surface area contributed by atoms with E-state index in [2.05, 4.69) is 5.32 Å². The number of aliphatic hydroxyl groups is 1. The van der Waals surface area contributed by atoms with Crippen molar-refractivity contribution in [1.29, 1.82) is 0 Å². The van der Waals surface area contributed by atoms with Crippen molar-refractivity contribution in [3.63, 3.8) is 0 Å². The van der Waals surface area contributed by atoms with Crippen molar-refractivity contribution in [3.8, 4) is 0 Å². The van der Waals surface area contributed by atoms with Crippen molar-refractivity contribution in [2.24, 2.45) is 0 Å². The smallest absolute Gasteiger partial charge is 0.0661 e. The molecule has 0 radical (unpaired) electrons. The Morgan fingerprint density at radius 3 is 2.41 bits per heavy atom. The standard InChI is InChI=1S/C13H21N3O/c14-11-5-4-10(8-12(11)15)16-13(9-17)6-2-1-3-7-13/h4-5,8,16-17H,1-3,6-7,9,14-15H2. The Morgan fingerprint density at radius 1 is 1.12 bits per heavy atom. The highest BCUT2D eigenvalue weighted by molar-refractivity contribution is 5.69. The molecule has 0 bridgehead atoms. The van der Waals surface area contributed by atoms with Crippen molar-refractivity contribution in [3.05, 3.63) is 18.2 Å². The van der Waals surface area contributed by atoms with Gasteiger partial charge in [-0.25, -0.2) is 0 Å². The number of aliphatic hydroxyl groups excluding tert-OH is 1. The first-order chi connectivity index (χ1) is 8.15. The normalized spacial score (nSPS) is 18.9. The molecule has 0 unspecified atom stereocenters. The van der Waals surface area contributed by atoms with Crippen LogP contribution in [0.2, 0.25) is 0 Å².